The van der Waals surface area contributed by atoms with Crippen molar-refractivity contribution in [2.45, 2.75) is 0 Å². The van der Waals surface area contributed by atoms with E-state index < -0.39 is 0 Å². The van der Waals surface area contributed by atoms with Gasteiger partial charge in [0.1, 0.15) is 6.33 Å². The molecule has 0 saturated carbocycles. The Morgan fingerprint density at radius 2 is 2.57 bits per heavy atom. The molecule has 0 N–H and O–H groups in total. The standard InChI is InChI=1S/C3H4ClN3/c1-7-3(4)5-2-6-7/h2H,1H3. The van der Waals surface area contributed by atoms with Crippen LogP contribution in [0.15, 0.2) is 6.33 Å². The normalized spacial score (nSPS) is 9.43. The van der Waals surface area contributed by atoms with E-state index in [0.717, 1.165) is 0 Å². The van der Waals surface area contributed by atoms with Gasteiger partial charge in [0.25, 0.3) is 0 Å². The van der Waals surface area contributed by atoms with Crippen LogP contribution in [0.4, 0.5) is 0 Å². The minimum Gasteiger partial charge on any atom is -0.240 e. The molecule has 38 valence electrons. The molecule has 0 aliphatic rings. The third kappa shape index (κ3) is 0.718. The van der Waals surface area contributed by atoms with Gasteiger partial charge in [-0.15, -0.1) is 0 Å². The van der Waals surface area contributed by atoms with Crippen molar-refractivity contribution in [2.24, 2.45) is 7.05 Å². The molecule has 0 aromatic carbocycles. The van der Waals surface area contributed by atoms with E-state index in [-0.39, 0.29) is 0 Å². The summed E-state index contributed by atoms with van der Waals surface area (Å²) < 4.78 is 1.49. The minimum atomic E-state index is 0.417. The van der Waals surface area contributed by atoms with Gasteiger partial charge in [0.15, 0.2) is 0 Å². The van der Waals surface area contributed by atoms with Crippen LogP contribution in [0.3, 0.4) is 0 Å². The average molecular weight is 118 g/mol. The number of hydrogen-bond donors (Lipinski definition) is 0. The summed E-state index contributed by atoms with van der Waals surface area (Å²) in [7, 11) is 1.73. The smallest absolute Gasteiger partial charge is 0.220 e. The summed E-state index contributed by atoms with van der Waals surface area (Å²) in [6, 6.07) is 0. The van der Waals surface area contributed by atoms with Crippen LogP contribution in [0.2, 0.25) is 5.28 Å². The topological polar surface area (TPSA) is 30.7 Å². The summed E-state index contributed by atoms with van der Waals surface area (Å²) in [5, 5.41) is 4.11. The summed E-state index contributed by atoms with van der Waals surface area (Å²) in [5.41, 5.74) is 0. The molecule has 0 amide bonds. The number of rotatable bonds is 0. The molecule has 0 fully saturated rings. The van der Waals surface area contributed by atoms with Crippen LogP contribution in [0.5, 0.6) is 0 Å². The van der Waals surface area contributed by atoms with E-state index in [0.29, 0.717) is 5.28 Å². The maximum absolute atomic E-state index is 5.41. The van der Waals surface area contributed by atoms with E-state index in [9.17, 15) is 0 Å². The second kappa shape index (κ2) is 1.50. The van der Waals surface area contributed by atoms with E-state index in [4.69, 9.17) is 11.6 Å². The van der Waals surface area contributed by atoms with Crippen LogP contribution >= 0.6 is 11.6 Å². The zero-order valence-corrected chi connectivity index (χ0v) is 4.55. The first kappa shape index (κ1) is 4.59. The Balaban J connectivity index is 3.12. The molecule has 4 heteroatoms. The predicted octanol–water partition coefficient (Wildman–Crippen LogP) is 0.469. The molecule has 1 aromatic heterocycles. The lowest BCUT2D eigenvalue weighted by atomic mass is 11.2. The molecule has 1 heterocycles. The Hall–Kier alpha value is -0.570. The first-order valence-corrected chi connectivity index (χ1v) is 2.18. The second-order valence-corrected chi connectivity index (χ2v) is 1.49. The van der Waals surface area contributed by atoms with Gasteiger partial charge in [-0.25, -0.2) is 9.67 Å². The molecular weight excluding hydrogens is 114 g/mol. The van der Waals surface area contributed by atoms with Crippen LogP contribution in [0, 0.1) is 0 Å². The summed E-state index contributed by atoms with van der Waals surface area (Å²) in [6.07, 6.45) is 1.41. The second-order valence-electron chi connectivity index (χ2n) is 1.15. The number of hydrogen-bond acceptors (Lipinski definition) is 2. The number of aryl methyl sites for hydroxylation is 1. The zero-order chi connectivity index (χ0) is 5.28. The largest absolute Gasteiger partial charge is 0.240 e. The number of halogens is 1. The fourth-order valence-electron chi connectivity index (χ4n) is 0.282. The van der Waals surface area contributed by atoms with Gasteiger partial charge in [0.05, 0.1) is 0 Å². The van der Waals surface area contributed by atoms with E-state index in [1.165, 1.54) is 11.0 Å². The first-order chi connectivity index (χ1) is 3.30. The molecule has 0 atom stereocenters. The number of aromatic nitrogens is 3. The Labute approximate surface area is 45.9 Å². The fraction of sp³-hybridized carbons (Fsp3) is 0.333. The van der Waals surface area contributed by atoms with Gasteiger partial charge in [-0.05, 0) is 11.6 Å². The highest BCUT2D eigenvalue weighted by Crippen LogP contribution is 1.95. The van der Waals surface area contributed by atoms with E-state index in [2.05, 4.69) is 10.1 Å². The molecule has 0 saturated heterocycles. The minimum absolute atomic E-state index is 0.417. The maximum Gasteiger partial charge on any atom is 0.220 e. The van der Waals surface area contributed by atoms with Gasteiger partial charge >= 0.3 is 0 Å². The lowest BCUT2D eigenvalue weighted by Crippen LogP contribution is -1.87. The molecule has 1 aromatic rings. The molecule has 0 bridgehead atoms. The summed E-state index contributed by atoms with van der Waals surface area (Å²) >= 11 is 5.41. The van der Waals surface area contributed by atoms with Crippen molar-refractivity contribution in [2.75, 3.05) is 0 Å². The molecule has 3 nitrogen and oxygen atoms in total. The van der Waals surface area contributed by atoms with Gasteiger partial charge in [-0.1, -0.05) is 0 Å². The van der Waals surface area contributed by atoms with Crippen molar-refractivity contribution in [3.05, 3.63) is 11.6 Å². The van der Waals surface area contributed by atoms with Crippen molar-refractivity contribution in [1.29, 1.82) is 0 Å². The maximum atomic E-state index is 5.41. The third-order valence-electron chi connectivity index (χ3n) is 0.656. The van der Waals surface area contributed by atoms with E-state index in [1.807, 2.05) is 0 Å². The van der Waals surface area contributed by atoms with Gasteiger partial charge < -0.3 is 0 Å². The summed E-state index contributed by atoms with van der Waals surface area (Å²) in [4.78, 5) is 3.63. The van der Waals surface area contributed by atoms with Crippen LogP contribution < -0.4 is 0 Å². The van der Waals surface area contributed by atoms with Crippen molar-refractivity contribution in [3.8, 4) is 0 Å². The monoisotopic (exact) mass is 117 g/mol. The van der Waals surface area contributed by atoms with E-state index in [1.54, 1.807) is 7.05 Å². The van der Waals surface area contributed by atoms with Crippen molar-refractivity contribution < 1.29 is 0 Å². The van der Waals surface area contributed by atoms with Gasteiger partial charge in [0.2, 0.25) is 5.28 Å². The third-order valence-corrected chi connectivity index (χ3v) is 0.998. The SMILES string of the molecule is Cn1ncnc1Cl. The quantitative estimate of drug-likeness (QED) is 0.495. The van der Waals surface area contributed by atoms with Crippen LogP contribution in [-0.2, 0) is 7.05 Å². The summed E-state index contributed by atoms with van der Waals surface area (Å²) in [6.45, 7) is 0. The highest BCUT2D eigenvalue weighted by atomic mass is 35.5. The van der Waals surface area contributed by atoms with Crippen molar-refractivity contribution in [3.63, 3.8) is 0 Å². The lowest BCUT2D eigenvalue weighted by molar-refractivity contribution is 0.767. The van der Waals surface area contributed by atoms with Gasteiger partial charge in [-0.2, -0.15) is 5.10 Å². The Kier molecular flexibility index (Phi) is 0.982. The Morgan fingerprint density at radius 3 is 2.71 bits per heavy atom. The summed E-state index contributed by atoms with van der Waals surface area (Å²) in [5.74, 6) is 0. The fourth-order valence-corrected chi connectivity index (χ4v) is 0.369. The zero-order valence-electron chi connectivity index (χ0n) is 3.80. The van der Waals surface area contributed by atoms with Crippen molar-refractivity contribution in [1.82, 2.24) is 14.8 Å². The molecule has 0 aliphatic carbocycles. The molecule has 0 unspecified atom stereocenters. The Bertz CT molecular complexity index is 142. The van der Waals surface area contributed by atoms with Crippen molar-refractivity contribution >= 4 is 11.6 Å². The molecule has 7 heavy (non-hydrogen) atoms. The highest BCUT2D eigenvalue weighted by Gasteiger charge is 1.88. The van der Waals surface area contributed by atoms with Crippen LogP contribution in [-0.4, -0.2) is 14.8 Å². The molecule has 1 rings (SSSR count). The highest BCUT2D eigenvalue weighted by molar-refractivity contribution is 6.28. The van der Waals surface area contributed by atoms with Gasteiger partial charge in [0, 0.05) is 7.05 Å². The van der Waals surface area contributed by atoms with E-state index >= 15 is 0 Å². The first-order valence-electron chi connectivity index (χ1n) is 1.80. The molecule has 0 aliphatic heterocycles. The molecule has 0 radical (unpaired) electrons. The Morgan fingerprint density at radius 1 is 1.86 bits per heavy atom. The number of nitrogens with zero attached hydrogens (tertiary/aromatic N) is 3. The van der Waals surface area contributed by atoms with Crippen LogP contribution in [0.1, 0.15) is 0 Å². The van der Waals surface area contributed by atoms with Gasteiger partial charge in [-0.3, -0.25) is 0 Å². The van der Waals surface area contributed by atoms with Crippen LogP contribution in [0.25, 0.3) is 0 Å². The predicted molar refractivity (Wildman–Crippen MR) is 26.0 cm³/mol. The molecular formula is C3H4ClN3. The lowest BCUT2D eigenvalue weighted by Gasteiger charge is -1.82. The molecule has 0 spiro atoms. The average Bonchev–Trinajstić information content (AvgIpc) is 1.91.